The van der Waals surface area contributed by atoms with Crippen LogP contribution in [0.15, 0.2) is 48.5 Å². The summed E-state index contributed by atoms with van der Waals surface area (Å²) in [6.45, 7) is 0. The molecule has 0 bridgehead atoms. The van der Waals surface area contributed by atoms with Gasteiger partial charge in [-0.1, -0.05) is 43.5 Å². The summed E-state index contributed by atoms with van der Waals surface area (Å²) in [7, 11) is 0. The van der Waals surface area contributed by atoms with Crippen molar-refractivity contribution in [2.75, 3.05) is 16.4 Å². The van der Waals surface area contributed by atoms with Gasteiger partial charge in [-0.15, -0.1) is 12.4 Å². The number of carbonyl (C=O) groups is 2. The first-order valence-corrected chi connectivity index (χ1v) is 9.66. The van der Waals surface area contributed by atoms with Gasteiger partial charge in [0.1, 0.15) is 0 Å². The Bertz CT molecular complexity index is 804. The van der Waals surface area contributed by atoms with Crippen LogP contribution >= 0.6 is 12.4 Å². The van der Waals surface area contributed by atoms with Gasteiger partial charge in [-0.05, 0) is 49.1 Å². The highest BCUT2D eigenvalue weighted by molar-refractivity contribution is 5.95. The zero-order chi connectivity index (χ0) is 19.1. The molecule has 2 aromatic carbocycles. The lowest BCUT2D eigenvalue weighted by Gasteiger charge is -2.20. The van der Waals surface area contributed by atoms with Crippen LogP contribution in [-0.2, 0) is 16.0 Å². The highest BCUT2D eigenvalue weighted by atomic mass is 35.5. The molecule has 2 aromatic rings. The normalized spacial score (nSPS) is 14.0. The first kappa shape index (κ1) is 21.8. The van der Waals surface area contributed by atoms with Crippen molar-refractivity contribution in [2.45, 2.75) is 44.9 Å². The molecule has 1 fully saturated rings. The molecular formula is C22H28ClN3O2. The van der Waals surface area contributed by atoms with Gasteiger partial charge in [-0.3, -0.25) is 9.59 Å². The third-order valence-electron chi connectivity index (χ3n) is 5.07. The Morgan fingerprint density at radius 1 is 0.929 bits per heavy atom. The molecule has 1 aliphatic carbocycles. The van der Waals surface area contributed by atoms with Gasteiger partial charge in [0.25, 0.3) is 0 Å². The molecule has 0 aliphatic heterocycles. The van der Waals surface area contributed by atoms with Crippen molar-refractivity contribution in [3.05, 3.63) is 54.1 Å². The first-order valence-electron chi connectivity index (χ1n) is 9.66. The predicted octanol–water partition coefficient (Wildman–Crippen LogP) is 4.78. The third kappa shape index (κ3) is 6.27. The number of nitrogen functional groups attached to an aromatic ring is 1. The Hall–Kier alpha value is -2.53. The second kappa shape index (κ2) is 10.7. The minimum absolute atomic E-state index is 0. The number of rotatable bonds is 6. The van der Waals surface area contributed by atoms with Crippen LogP contribution in [-0.4, -0.2) is 11.8 Å². The van der Waals surface area contributed by atoms with Crippen LogP contribution in [0, 0.1) is 5.92 Å². The molecule has 0 atom stereocenters. The summed E-state index contributed by atoms with van der Waals surface area (Å²) in [6.07, 6.45) is 6.35. The van der Waals surface area contributed by atoms with Crippen molar-refractivity contribution < 1.29 is 9.59 Å². The van der Waals surface area contributed by atoms with Crippen LogP contribution in [0.5, 0.6) is 0 Å². The molecule has 28 heavy (non-hydrogen) atoms. The SMILES string of the molecule is Cl.Nc1ccccc1CCC(=O)Nc1cccc(NC(=O)C2CCCCC2)c1. The molecule has 6 heteroatoms. The average Bonchev–Trinajstić information content (AvgIpc) is 2.68. The van der Waals surface area contributed by atoms with Crippen LogP contribution in [0.2, 0.25) is 0 Å². The van der Waals surface area contributed by atoms with Gasteiger partial charge in [-0.25, -0.2) is 0 Å². The van der Waals surface area contributed by atoms with E-state index in [0.717, 1.165) is 36.9 Å². The van der Waals surface area contributed by atoms with Crippen LogP contribution in [0.4, 0.5) is 17.1 Å². The molecule has 1 saturated carbocycles. The number of amides is 2. The van der Waals surface area contributed by atoms with E-state index >= 15 is 0 Å². The summed E-state index contributed by atoms with van der Waals surface area (Å²) in [5.41, 5.74) is 9.00. The van der Waals surface area contributed by atoms with Crippen molar-refractivity contribution in [3.63, 3.8) is 0 Å². The lowest BCUT2D eigenvalue weighted by atomic mass is 9.88. The maximum Gasteiger partial charge on any atom is 0.227 e. The molecule has 5 nitrogen and oxygen atoms in total. The molecule has 150 valence electrons. The lowest BCUT2D eigenvalue weighted by molar-refractivity contribution is -0.120. The van der Waals surface area contributed by atoms with Gasteiger partial charge in [-0.2, -0.15) is 0 Å². The molecule has 2 amide bonds. The Labute approximate surface area is 172 Å². The van der Waals surface area contributed by atoms with Gasteiger partial charge in [0, 0.05) is 29.4 Å². The summed E-state index contributed by atoms with van der Waals surface area (Å²) in [4.78, 5) is 24.6. The number of para-hydroxylation sites is 1. The Morgan fingerprint density at radius 3 is 2.32 bits per heavy atom. The van der Waals surface area contributed by atoms with Gasteiger partial charge in [0.2, 0.25) is 11.8 Å². The van der Waals surface area contributed by atoms with Gasteiger partial charge >= 0.3 is 0 Å². The average molecular weight is 402 g/mol. The topological polar surface area (TPSA) is 84.2 Å². The molecule has 3 rings (SSSR count). The van der Waals surface area contributed by atoms with Crippen LogP contribution in [0.1, 0.15) is 44.1 Å². The van der Waals surface area contributed by atoms with E-state index in [1.807, 2.05) is 42.5 Å². The van der Waals surface area contributed by atoms with E-state index in [0.29, 0.717) is 24.2 Å². The van der Waals surface area contributed by atoms with E-state index in [9.17, 15) is 9.59 Å². The number of halogens is 1. The highest BCUT2D eigenvalue weighted by Crippen LogP contribution is 2.25. The Balaban J connectivity index is 0.00000280. The maximum absolute atomic E-state index is 12.4. The van der Waals surface area contributed by atoms with Crippen molar-refractivity contribution in [1.82, 2.24) is 0 Å². The van der Waals surface area contributed by atoms with Gasteiger partial charge < -0.3 is 16.4 Å². The monoisotopic (exact) mass is 401 g/mol. The largest absolute Gasteiger partial charge is 0.399 e. The standard InChI is InChI=1S/C22H27N3O2.ClH/c23-20-12-5-4-7-16(20)13-14-21(26)24-18-10-6-11-19(15-18)25-22(27)17-8-2-1-3-9-17;/h4-7,10-12,15,17H,1-3,8-9,13-14,23H2,(H,24,26)(H,25,27);1H. The predicted molar refractivity (Wildman–Crippen MR) is 117 cm³/mol. The lowest BCUT2D eigenvalue weighted by Crippen LogP contribution is -2.24. The Morgan fingerprint density at radius 2 is 1.61 bits per heavy atom. The van der Waals surface area contributed by atoms with E-state index in [1.54, 1.807) is 6.07 Å². The van der Waals surface area contributed by atoms with Crippen molar-refractivity contribution in [2.24, 2.45) is 5.92 Å². The molecule has 4 N–H and O–H groups in total. The highest BCUT2D eigenvalue weighted by Gasteiger charge is 2.21. The minimum Gasteiger partial charge on any atom is -0.399 e. The molecule has 0 unspecified atom stereocenters. The number of hydrogen-bond donors (Lipinski definition) is 3. The number of aryl methyl sites for hydroxylation is 1. The minimum atomic E-state index is -0.0750. The summed E-state index contributed by atoms with van der Waals surface area (Å²) < 4.78 is 0. The number of anilines is 3. The van der Waals surface area contributed by atoms with E-state index in [4.69, 9.17) is 5.73 Å². The van der Waals surface area contributed by atoms with Crippen LogP contribution in [0.3, 0.4) is 0 Å². The molecule has 0 heterocycles. The quantitative estimate of drug-likeness (QED) is 0.609. The molecule has 0 radical (unpaired) electrons. The smallest absolute Gasteiger partial charge is 0.227 e. The maximum atomic E-state index is 12.4. The fraction of sp³-hybridized carbons (Fsp3) is 0.364. The Kier molecular flexibility index (Phi) is 8.33. The number of hydrogen-bond acceptors (Lipinski definition) is 3. The van der Waals surface area contributed by atoms with E-state index in [2.05, 4.69) is 10.6 Å². The number of nitrogens with two attached hydrogens (primary N) is 1. The fourth-order valence-electron chi connectivity index (χ4n) is 3.52. The number of benzene rings is 2. The molecule has 0 aromatic heterocycles. The number of carbonyl (C=O) groups excluding carboxylic acids is 2. The second-order valence-electron chi connectivity index (χ2n) is 7.15. The second-order valence-corrected chi connectivity index (χ2v) is 7.15. The third-order valence-corrected chi connectivity index (χ3v) is 5.07. The van der Waals surface area contributed by atoms with Crippen LogP contribution in [0.25, 0.3) is 0 Å². The zero-order valence-corrected chi connectivity index (χ0v) is 16.8. The molecular weight excluding hydrogens is 374 g/mol. The molecule has 0 spiro atoms. The van der Waals surface area contributed by atoms with E-state index in [-0.39, 0.29) is 30.1 Å². The fourth-order valence-corrected chi connectivity index (χ4v) is 3.52. The van der Waals surface area contributed by atoms with Crippen LogP contribution < -0.4 is 16.4 Å². The molecule has 0 saturated heterocycles. The van der Waals surface area contributed by atoms with Gasteiger partial charge in [0.05, 0.1) is 0 Å². The van der Waals surface area contributed by atoms with Crippen molar-refractivity contribution in [1.29, 1.82) is 0 Å². The van der Waals surface area contributed by atoms with E-state index in [1.165, 1.54) is 6.42 Å². The van der Waals surface area contributed by atoms with Crippen molar-refractivity contribution in [3.8, 4) is 0 Å². The summed E-state index contributed by atoms with van der Waals surface area (Å²) in [6, 6.07) is 14.9. The zero-order valence-electron chi connectivity index (χ0n) is 15.9. The van der Waals surface area contributed by atoms with E-state index < -0.39 is 0 Å². The number of nitrogens with one attached hydrogen (secondary N) is 2. The summed E-state index contributed by atoms with van der Waals surface area (Å²) in [5, 5.41) is 5.88. The first-order chi connectivity index (χ1) is 13.1. The van der Waals surface area contributed by atoms with Gasteiger partial charge in [0.15, 0.2) is 0 Å². The summed E-state index contributed by atoms with van der Waals surface area (Å²) >= 11 is 0. The summed E-state index contributed by atoms with van der Waals surface area (Å²) in [5.74, 6) is 0.111. The molecule has 1 aliphatic rings. The van der Waals surface area contributed by atoms with Crippen molar-refractivity contribution >= 4 is 41.3 Å².